The topological polar surface area (TPSA) is 62.8 Å². The summed E-state index contributed by atoms with van der Waals surface area (Å²) in [7, 11) is 0. The zero-order valence-corrected chi connectivity index (χ0v) is 13.8. The summed E-state index contributed by atoms with van der Waals surface area (Å²) in [5.74, 6) is 1.70. The van der Waals surface area contributed by atoms with Crippen molar-refractivity contribution in [3.63, 3.8) is 0 Å². The summed E-state index contributed by atoms with van der Waals surface area (Å²) in [6.07, 6.45) is -1.09. The van der Waals surface area contributed by atoms with Crippen molar-refractivity contribution in [2.75, 3.05) is 5.32 Å². The van der Waals surface area contributed by atoms with Crippen molar-refractivity contribution in [1.29, 1.82) is 0 Å². The number of fused-ring (bicyclic) bond motifs is 1. The Balaban J connectivity index is 1.53. The molecule has 0 saturated heterocycles. The number of anilines is 2. The van der Waals surface area contributed by atoms with Gasteiger partial charge < -0.3 is 15.0 Å². The van der Waals surface area contributed by atoms with Gasteiger partial charge >= 0.3 is 6.18 Å². The summed E-state index contributed by atoms with van der Waals surface area (Å²) >= 11 is 0. The molecule has 0 aliphatic rings. The SMILES string of the molecule is FC(F)(F)c1ccc(Nc2nc3ccc(Oc4ccncc4)cc3[nH]2)cc1. The average Bonchev–Trinajstić information content (AvgIpc) is 3.04. The normalized spacial score (nSPS) is 11.5. The van der Waals surface area contributed by atoms with Crippen LogP contribution in [0.4, 0.5) is 24.8 Å². The monoisotopic (exact) mass is 370 g/mol. The highest BCUT2D eigenvalue weighted by molar-refractivity contribution is 5.80. The van der Waals surface area contributed by atoms with E-state index in [2.05, 4.69) is 20.3 Å². The number of hydrogen-bond donors (Lipinski definition) is 2. The summed E-state index contributed by atoms with van der Waals surface area (Å²) in [4.78, 5) is 11.4. The van der Waals surface area contributed by atoms with Gasteiger partial charge in [-0.1, -0.05) is 0 Å². The van der Waals surface area contributed by atoms with Crippen molar-refractivity contribution in [3.8, 4) is 11.5 Å². The molecular formula is C19H13F3N4O. The van der Waals surface area contributed by atoms with Gasteiger partial charge in [-0.3, -0.25) is 4.98 Å². The molecule has 0 fully saturated rings. The van der Waals surface area contributed by atoms with Crippen LogP contribution in [-0.2, 0) is 6.18 Å². The number of ether oxygens (including phenoxy) is 1. The van der Waals surface area contributed by atoms with Crippen LogP contribution in [0.5, 0.6) is 11.5 Å². The maximum absolute atomic E-state index is 12.6. The summed E-state index contributed by atoms with van der Waals surface area (Å²) in [6.45, 7) is 0. The van der Waals surface area contributed by atoms with E-state index in [0.29, 0.717) is 28.7 Å². The molecular weight excluding hydrogens is 357 g/mol. The van der Waals surface area contributed by atoms with Crippen molar-refractivity contribution in [3.05, 3.63) is 72.6 Å². The van der Waals surface area contributed by atoms with E-state index in [9.17, 15) is 13.2 Å². The molecule has 4 aromatic rings. The second-order valence-corrected chi connectivity index (χ2v) is 5.75. The lowest BCUT2D eigenvalue weighted by atomic mass is 10.2. The van der Waals surface area contributed by atoms with Crippen LogP contribution < -0.4 is 10.1 Å². The van der Waals surface area contributed by atoms with Crippen LogP contribution in [0.2, 0.25) is 0 Å². The second-order valence-electron chi connectivity index (χ2n) is 5.75. The first-order valence-electron chi connectivity index (χ1n) is 7.99. The van der Waals surface area contributed by atoms with Crippen LogP contribution in [0.3, 0.4) is 0 Å². The molecule has 27 heavy (non-hydrogen) atoms. The highest BCUT2D eigenvalue weighted by Gasteiger charge is 2.29. The number of aromatic nitrogens is 3. The number of nitrogens with one attached hydrogen (secondary N) is 2. The smallest absolute Gasteiger partial charge is 0.416 e. The number of hydrogen-bond acceptors (Lipinski definition) is 4. The summed E-state index contributed by atoms with van der Waals surface area (Å²) in [6, 6.07) is 13.6. The van der Waals surface area contributed by atoms with Crippen molar-refractivity contribution < 1.29 is 17.9 Å². The fourth-order valence-electron chi connectivity index (χ4n) is 2.53. The molecule has 0 aliphatic heterocycles. The molecule has 136 valence electrons. The van der Waals surface area contributed by atoms with Gasteiger partial charge in [-0.05, 0) is 48.5 Å². The summed E-state index contributed by atoms with van der Waals surface area (Å²) < 4.78 is 43.6. The molecule has 8 heteroatoms. The number of halogens is 3. The zero-order chi connectivity index (χ0) is 18.9. The Bertz CT molecular complexity index is 1060. The van der Waals surface area contributed by atoms with Crippen LogP contribution in [-0.4, -0.2) is 15.0 Å². The average molecular weight is 370 g/mol. The fraction of sp³-hybridized carbons (Fsp3) is 0.0526. The van der Waals surface area contributed by atoms with Crippen LogP contribution >= 0.6 is 0 Å². The molecule has 2 N–H and O–H groups in total. The first-order valence-corrected chi connectivity index (χ1v) is 7.99. The summed E-state index contributed by atoms with van der Waals surface area (Å²) in [5.41, 5.74) is 1.23. The molecule has 0 saturated carbocycles. The van der Waals surface area contributed by atoms with E-state index in [4.69, 9.17) is 4.74 Å². The van der Waals surface area contributed by atoms with Crippen molar-refractivity contribution in [2.24, 2.45) is 0 Å². The maximum atomic E-state index is 12.6. The molecule has 0 atom stereocenters. The molecule has 0 unspecified atom stereocenters. The molecule has 2 heterocycles. The van der Waals surface area contributed by atoms with Crippen LogP contribution in [0.25, 0.3) is 11.0 Å². The highest BCUT2D eigenvalue weighted by Crippen LogP contribution is 2.30. The predicted molar refractivity (Wildman–Crippen MR) is 95.1 cm³/mol. The van der Waals surface area contributed by atoms with Gasteiger partial charge in [0.25, 0.3) is 0 Å². The molecule has 0 amide bonds. The number of imidazole rings is 1. The Hall–Kier alpha value is -3.55. The third-order valence-corrected chi connectivity index (χ3v) is 3.81. The zero-order valence-electron chi connectivity index (χ0n) is 13.8. The number of nitrogens with zero attached hydrogens (tertiary/aromatic N) is 2. The van der Waals surface area contributed by atoms with Crippen LogP contribution in [0.1, 0.15) is 5.56 Å². The van der Waals surface area contributed by atoms with E-state index >= 15 is 0 Å². The van der Waals surface area contributed by atoms with E-state index in [0.717, 1.165) is 17.6 Å². The Labute approximate surface area is 151 Å². The Morgan fingerprint density at radius 3 is 2.33 bits per heavy atom. The standard InChI is InChI=1S/C19H13F3N4O/c20-19(21,22)12-1-3-13(4-2-12)24-18-25-16-6-5-15(11-17(16)26-18)27-14-7-9-23-10-8-14/h1-11H,(H2,24,25,26). The summed E-state index contributed by atoms with van der Waals surface area (Å²) in [5, 5.41) is 2.96. The molecule has 5 nitrogen and oxygen atoms in total. The van der Waals surface area contributed by atoms with E-state index in [1.807, 2.05) is 0 Å². The van der Waals surface area contributed by atoms with E-state index in [1.54, 1.807) is 42.7 Å². The van der Waals surface area contributed by atoms with E-state index in [1.165, 1.54) is 12.1 Å². The molecule has 0 bridgehead atoms. The van der Waals surface area contributed by atoms with Crippen molar-refractivity contribution in [2.45, 2.75) is 6.18 Å². The first-order chi connectivity index (χ1) is 13.0. The van der Waals surface area contributed by atoms with Gasteiger partial charge in [0.1, 0.15) is 11.5 Å². The van der Waals surface area contributed by atoms with E-state index < -0.39 is 11.7 Å². The number of rotatable bonds is 4. The Kier molecular flexibility index (Phi) is 4.15. The van der Waals surface area contributed by atoms with Gasteiger partial charge in [0.2, 0.25) is 5.95 Å². The molecule has 0 aliphatic carbocycles. The minimum Gasteiger partial charge on any atom is -0.457 e. The lowest BCUT2D eigenvalue weighted by Gasteiger charge is -2.07. The third-order valence-electron chi connectivity index (χ3n) is 3.81. The lowest BCUT2D eigenvalue weighted by molar-refractivity contribution is -0.137. The van der Waals surface area contributed by atoms with Gasteiger partial charge in [0.05, 0.1) is 16.6 Å². The second kappa shape index (κ2) is 6.64. The molecule has 2 aromatic carbocycles. The van der Waals surface area contributed by atoms with Gasteiger partial charge in [-0.25, -0.2) is 4.98 Å². The van der Waals surface area contributed by atoms with Crippen molar-refractivity contribution >= 4 is 22.7 Å². The highest BCUT2D eigenvalue weighted by atomic mass is 19.4. The van der Waals surface area contributed by atoms with E-state index in [-0.39, 0.29) is 0 Å². The van der Waals surface area contributed by atoms with Gasteiger partial charge in [-0.2, -0.15) is 13.2 Å². The molecule has 4 rings (SSSR count). The Morgan fingerprint density at radius 1 is 0.889 bits per heavy atom. The van der Waals surface area contributed by atoms with Crippen molar-refractivity contribution in [1.82, 2.24) is 15.0 Å². The molecule has 0 radical (unpaired) electrons. The number of H-pyrrole nitrogens is 1. The maximum Gasteiger partial charge on any atom is 0.416 e. The fourth-order valence-corrected chi connectivity index (χ4v) is 2.53. The molecule has 0 spiro atoms. The van der Waals surface area contributed by atoms with Gasteiger partial charge in [0.15, 0.2) is 0 Å². The first kappa shape index (κ1) is 16.9. The number of pyridine rings is 1. The molecule has 2 aromatic heterocycles. The predicted octanol–water partition coefficient (Wildman–Crippen LogP) is 5.51. The van der Waals surface area contributed by atoms with Gasteiger partial charge in [-0.15, -0.1) is 0 Å². The third kappa shape index (κ3) is 3.84. The van der Waals surface area contributed by atoms with Crippen LogP contribution in [0, 0.1) is 0 Å². The lowest BCUT2D eigenvalue weighted by Crippen LogP contribution is -2.04. The minimum atomic E-state index is -4.36. The minimum absolute atomic E-state index is 0.422. The van der Waals surface area contributed by atoms with Crippen LogP contribution in [0.15, 0.2) is 67.0 Å². The Morgan fingerprint density at radius 2 is 1.63 bits per heavy atom. The quantitative estimate of drug-likeness (QED) is 0.497. The number of aromatic amines is 1. The number of alkyl halides is 3. The number of benzene rings is 2. The largest absolute Gasteiger partial charge is 0.457 e. The van der Waals surface area contributed by atoms with Gasteiger partial charge in [0, 0.05) is 24.1 Å².